The van der Waals surface area contributed by atoms with Gasteiger partial charge >= 0.3 is 0 Å². The van der Waals surface area contributed by atoms with Gasteiger partial charge in [0.05, 0.1) is 13.2 Å². The molecular formula is C15H22ClNO2. The van der Waals surface area contributed by atoms with Crippen molar-refractivity contribution in [1.82, 2.24) is 4.90 Å². The molecule has 1 aromatic carbocycles. The lowest BCUT2D eigenvalue weighted by Crippen LogP contribution is -2.19. The molecule has 0 aromatic heterocycles. The normalized spacial score (nSPS) is 10.7. The summed E-state index contributed by atoms with van der Waals surface area (Å²) in [6.07, 6.45) is 2.59. The molecule has 0 radical (unpaired) electrons. The molecule has 0 aliphatic carbocycles. The predicted octanol–water partition coefficient (Wildman–Crippen LogP) is 3.03. The van der Waals surface area contributed by atoms with Gasteiger partial charge in [-0.2, -0.15) is 0 Å². The third-order valence-electron chi connectivity index (χ3n) is 2.55. The number of nitrogens with zero attached hydrogens (tertiary/aromatic N) is 1. The Kier molecular flexibility index (Phi) is 7.56. The number of likely N-dealkylation sites (N-methyl/N-ethyl adjacent to an activating group) is 1. The Morgan fingerprint density at radius 1 is 1.26 bits per heavy atom. The number of hydrogen-bond acceptors (Lipinski definition) is 3. The van der Waals surface area contributed by atoms with Crippen LogP contribution in [0.4, 0.5) is 0 Å². The van der Waals surface area contributed by atoms with Crippen LogP contribution in [0, 0.1) is 0 Å². The summed E-state index contributed by atoms with van der Waals surface area (Å²) in [5, 5.41) is 0.714. The molecule has 0 aliphatic rings. The summed E-state index contributed by atoms with van der Waals surface area (Å²) in [7, 11) is 4.05. The summed E-state index contributed by atoms with van der Waals surface area (Å²) in [5.74, 6) is 0.848. The SMILES string of the molecule is C=CCc1cc(Cl)ccc1OCCOCCN(C)C. The van der Waals surface area contributed by atoms with E-state index >= 15 is 0 Å². The molecule has 0 heterocycles. The smallest absolute Gasteiger partial charge is 0.123 e. The minimum absolute atomic E-state index is 0.541. The molecule has 0 fully saturated rings. The number of allylic oxidation sites excluding steroid dienone is 1. The molecule has 1 aromatic rings. The van der Waals surface area contributed by atoms with Crippen molar-refractivity contribution >= 4 is 11.6 Å². The first-order valence-corrected chi connectivity index (χ1v) is 6.76. The van der Waals surface area contributed by atoms with Crippen molar-refractivity contribution in [2.45, 2.75) is 6.42 Å². The minimum atomic E-state index is 0.541. The molecule has 19 heavy (non-hydrogen) atoms. The van der Waals surface area contributed by atoms with Crippen LogP contribution in [-0.2, 0) is 11.2 Å². The molecule has 0 amide bonds. The summed E-state index contributed by atoms with van der Waals surface area (Å²) in [4.78, 5) is 2.09. The van der Waals surface area contributed by atoms with Gasteiger partial charge < -0.3 is 14.4 Å². The minimum Gasteiger partial charge on any atom is -0.491 e. The Morgan fingerprint density at radius 2 is 2.05 bits per heavy atom. The Bertz CT molecular complexity index is 394. The van der Waals surface area contributed by atoms with Crippen molar-refractivity contribution in [2.75, 3.05) is 40.5 Å². The molecule has 0 bridgehead atoms. The molecule has 0 unspecified atom stereocenters. The van der Waals surface area contributed by atoms with E-state index in [0.717, 1.165) is 30.9 Å². The molecule has 0 spiro atoms. The van der Waals surface area contributed by atoms with Crippen LogP contribution in [0.25, 0.3) is 0 Å². The van der Waals surface area contributed by atoms with E-state index in [0.29, 0.717) is 18.2 Å². The summed E-state index contributed by atoms with van der Waals surface area (Å²) < 4.78 is 11.2. The fourth-order valence-corrected chi connectivity index (χ4v) is 1.76. The highest BCUT2D eigenvalue weighted by Crippen LogP contribution is 2.23. The van der Waals surface area contributed by atoms with Crippen LogP contribution in [-0.4, -0.2) is 45.4 Å². The average molecular weight is 284 g/mol. The monoisotopic (exact) mass is 283 g/mol. The van der Waals surface area contributed by atoms with E-state index in [9.17, 15) is 0 Å². The van der Waals surface area contributed by atoms with E-state index in [-0.39, 0.29) is 0 Å². The lowest BCUT2D eigenvalue weighted by molar-refractivity contribution is 0.0887. The highest BCUT2D eigenvalue weighted by molar-refractivity contribution is 6.30. The van der Waals surface area contributed by atoms with Gasteiger partial charge in [0.1, 0.15) is 12.4 Å². The second kappa shape index (κ2) is 8.97. The van der Waals surface area contributed by atoms with Gasteiger partial charge in [0, 0.05) is 11.6 Å². The lowest BCUT2D eigenvalue weighted by Gasteiger charge is -2.12. The number of halogens is 1. The second-order valence-electron chi connectivity index (χ2n) is 4.51. The average Bonchev–Trinajstić information content (AvgIpc) is 2.36. The molecule has 0 saturated carbocycles. The Labute approximate surface area is 120 Å². The molecule has 0 saturated heterocycles. The van der Waals surface area contributed by atoms with Gasteiger partial charge in [-0.05, 0) is 44.3 Å². The Balaban J connectivity index is 2.34. The zero-order valence-electron chi connectivity index (χ0n) is 11.7. The first-order chi connectivity index (χ1) is 9.13. The number of benzene rings is 1. The predicted molar refractivity (Wildman–Crippen MR) is 80.2 cm³/mol. The Morgan fingerprint density at radius 3 is 2.74 bits per heavy atom. The topological polar surface area (TPSA) is 21.7 Å². The maximum absolute atomic E-state index is 5.97. The van der Waals surface area contributed by atoms with E-state index in [4.69, 9.17) is 21.1 Å². The van der Waals surface area contributed by atoms with Gasteiger partial charge in [-0.3, -0.25) is 0 Å². The highest BCUT2D eigenvalue weighted by atomic mass is 35.5. The van der Waals surface area contributed by atoms with E-state index in [1.54, 1.807) is 0 Å². The van der Waals surface area contributed by atoms with Gasteiger partial charge in [-0.15, -0.1) is 6.58 Å². The fraction of sp³-hybridized carbons (Fsp3) is 0.467. The van der Waals surface area contributed by atoms with Crippen LogP contribution < -0.4 is 4.74 Å². The quantitative estimate of drug-likeness (QED) is 0.514. The zero-order valence-corrected chi connectivity index (χ0v) is 12.4. The number of rotatable bonds is 9. The van der Waals surface area contributed by atoms with Crippen LogP contribution in [0.1, 0.15) is 5.56 Å². The molecule has 106 valence electrons. The summed E-state index contributed by atoms with van der Waals surface area (Å²) in [5.41, 5.74) is 1.05. The van der Waals surface area contributed by atoms with Crippen molar-refractivity contribution in [3.8, 4) is 5.75 Å². The van der Waals surface area contributed by atoms with Crippen LogP contribution in [0.3, 0.4) is 0 Å². The van der Waals surface area contributed by atoms with E-state index in [1.807, 2.05) is 38.4 Å². The van der Waals surface area contributed by atoms with Crippen molar-refractivity contribution < 1.29 is 9.47 Å². The third-order valence-corrected chi connectivity index (χ3v) is 2.79. The van der Waals surface area contributed by atoms with Gasteiger partial charge in [0.25, 0.3) is 0 Å². The van der Waals surface area contributed by atoms with Gasteiger partial charge in [-0.1, -0.05) is 17.7 Å². The molecule has 3 nitrogen and oxygen atoms in total. The molecule has 1 rings (SSSR count). The third kappa shape index (κ3) is 6.62. The van der Waals surface area contributed by atoms with Crippen molar-refractivity contribution in [2.24, 2.45) is 0 Å². The van der Waals surface area contributed by atoms with E-state index < -0.39 is 0 Å². The Hall–Kier alpha value is -1.03. The first kappa shape index (κ1) is 16.0. The maximum Gasteiger partial charge on any atom is 0.123 e. The molecule has 0 aliphatic heterocycles. The van der Waals surface area contributed by atoms with Crippen molar-refractivity contribution in [3.05, 3.63) is 41.4 Å². The van der Waals surface area contributed by atoms with Gasteiger partial charge in [0.2, 0.25) is 0 Å². The zero-order chi connectivity index (χ0) is 14.1. The van der Waals surface area contributed by atoms with Crippen LogP contribution in [0.15, 0.2) is 30.9 Å². The van der Waals surface area contributed by atoms with Crippen LogP contribution >= 0.6 is 11.6 Å². The second-order valence-corrected chi connectivity index (χ2v) is 4.95. The van der Waals surface area contributed by atoms with E-state index in [2.05, 4.69) is 11.5 Å². The molecule has 4 heteroatoms. The van der Waals surface area contributed by atoms with Gasteiger partial charge in [0.15, 0.2) is 0 Å². The fourth-order valence-electron chi connectivity index (χ4n) is 1.56. The van der Waals surface area contributed by atoms with E-state index in [1.165, 1.54) is 0 Å². The van der Waals surface area contributed by atoms with Crippen molar-refractivity contribution in [1.29, 1.82) is 0 Å². The number of ether oxygens (including phenoxy) is 2. The summed E-state index contributed by atoms with van der Waals surface area (Å²) >= 11 is 5.97. The molecule has 0 N–H and O–H groups in total. The largest absolute Gasteiger partial charge is 0.491 e. The first-order valence-electron chi connectivity index (χ1n) is 6.38. The highest BCUT2D eigenvalue weighted by Gasteiger charge is 2.03. The van der Waals surface area contributed by atoms with Crippen LogP contribution in [0.5, 0.6) is 5.75 Å². The molecular weight excluding hydrogens is 262 g/mol. The number of hydrogen-bond donors (Lipinski definition) is 0. The van der Waals surface area contributed by atoms with Crippen molar-refractivity contribution in [3.63, 3.8) is 0 Å². The maximum atomic E-state index is 5.97. The summed E-state index contributed by atoms with van der Waals surface area (Å²) in [6.45, 7) is 6.50. The standard InChI is InChI=1S/C15H22ClNO2/c1-4-5-13-12-14(16)6-7-15(13)19-11-10-18-9-8-17(2)3/h4,6-7,12H,1,5,8-11H2,2-3H3. The van der Waals surface area contributed by atoms with Gasteiger partial charge in [-0.25, -0.2) is 0 Å². The molecule has 0 atom stereocenters. The summed E-state index contributed by atoms with van der Waals surface area (Å²) in [6, 6.07) is 5.63. The lowest BCUT2D eigenvalue weighted by atomic mass is 10.1. The van der Waals surface area contributed by atoms with Crippen LogP contribution in [0.2, 0.25) is 5.02 Å².